The molecule has 7 nitrogen and oxygen atoms in total. The molecule has 0 spiro atoms. The fourth-order valence-electron chi connectivity index (χ4n) is 6.37. The number of carboxylic acid groups (broad SMARTS) is 1. The number of benzene rings is 2. The summed E-state index contributed by atoms with van der Waals surface area (Å²) in [6.45, 7) is 1.65. The highest BCUT2D eigenvalue weighted by atomic mass is 16.4. The van der Waals surface area contributed by atoms with Crippen LogP contribution in [-0.4, -0.2) is 51.5 Å². The number of rotatable bonds is 11. The Morgan fingerprint density at radius 2 is 1.51 bits per heavy atom. The van der Waals surface area contributed by atoms with Gasteiger partial charge in [-0.25, -0.2) is 9.97 Å². The molecule has 1 aliphatic carbocycles. The molecule has 3 aromatic rings. The van der Waals surface area contributed by atoms with Crippen molar-refractivity contribution >= 4 is 17.8 Å². The summed E-state index contributed by atoms with van der Waals surface area (Å²) in [5, 5.41) is 9.60. The van der Waals surface area contributed by atoms with Crippen LogP contribution < -0.4 is 4.90 Å². The molecular formula is C34H42N4O3. The molecule has 1 aromatic heterocycles. The quantitative estimate of drug-likeness (QED) is 0.305. The second-order valence-electron chi connectivity index (χ2n) is 11.7. The van der Waals surface area contributed by atoms with E-state index in [1.54, 1.807) is 6.20 Å². The number of aryl methyl sites for hydroxylation is 1. The third kappa shape index (κ3) is 8.15. The van der Waals surface area contributed by atoms with Gasteiger partial charge in [0.2, 0.25) is 5.95 Å². The predicted molar refractivity (Wildman–Crippen MR) is 161 cm³/mol. The van der Waals surface area contributed by atoms with Crippen LogP contribution >= 0.6 is 0 Å². The van der Waals surface area contributed by atoms with E-state index in [1.807, 2.05) is 30.3 Å². The number of amides is 1. The summed E-state index contributed by atoms with van der Waals surface area (Å²) in [5.74, 6) is 0.629. The van der Waals surface area contributed by atoms with Crippen LogP contribution in [-0.2, 0) is 24.2 Å². The van der Waals surface area contributed by atoms with Gasteiger partial charge < -0.3 is 14.9 Å². The van der Waals surface area contributed by atoms with E-state index < -0.39 is 5.97 Å². The first-order valence-corrected chi connectivity index (χ1v) is 15.2. The predicted octanol–water partition coefficient (Wildman–Crippen LogP) is 6.18. The minimum absolute atomic E-state index is 0.227. The van der Waals surface area contributed by atoms with Crippen molar-refractivity contribution in [1.82, 2.24) is 14.9 Å². The first-order valence-electron chi connectivity index (χ1n) is 15.2. The van der Waals surface area contributed by atoms with E-state index in [0.29, 0.717) is 29.8 Å². The molecule has 2 aromatic carbocycles. The molecule has 1 aliphatic heterocycles. The first-order chi connectivity index (χ1) is 20.0. The van der Waals surface area contributed by atoms with Crippen LogP contribution in [0.15, 0.2) is 66.9 Å². The number of anilines is 1. The third-order valence-electron chi connectivity index (χ3n) is 8.69. The largest absolute Gasteiger partial charge is 0.480 e. The highest BCUT2D eigenvalue weighted by molar-refractivity contribution is 5.96. The van der Waals surface area contributed by atoms with Crippen LogP contribution in [0.2, 0.25) is 0 Å². The van der Waals surface area contributed by atoms with Gasteiger partial charge in [0, 0.05) is 25.8 Å². The Kier molecular flexibility index (Phi) is 10.00. The van der Waals surface area contributed by atoms with Crippen LogP contribution in [0.5, 0.6) is 0 Å². The fraction of sp³-hybridized carbons (Fsp3) is 0.471. The van der Waals surface area contributed by atoms with Crippen LogP contribution in [0.3, 0.4) is 0 Å². The third-order valence-corrected chi connectivity index (χ3v) is 8.69. The van der Waals surface area contributed by atoms with Gasteiger partial charge in [0.15, 0.2) is 0 Å². The van der Waals surface area contributed by atoms with Crippen molar-refractivity contribution in [2.75, 3.05) is 24.5 Å². The van der Waals surface area contributed by atoms with Gasteiger partial charge in [0.05, 0.1) is 11.3 Å². The number of hydrogen-bond donors (Lipinski definition) is 1. The van der Waals surface area contributed by atoms with Crippen molar-refractivity contribution < 1.29 is 14.7 Å². The summed E-state index contributed by atoms with van der Waals surface area (Å²) in [5.41, 5.74) is 3.46. The van der Waals surface area contributed by atoms with Crippen LogP contribution in [0, 0.1) is 11.8 Å². The summed E-state index contributed by atoms with van der Waals surface area (Å²) < 4.78 is 0. The Labute approximate surface area is 243 Å². The number of aromatic nitrogens is 2. The molecule has 0 radical (unpaired) electrons. The molecule has 1 saturated heterocycles. The average Bonchev–Trinajstić information content (AvgIpc) is 3.01. The Balaban J connectivity index is 1.33. The monoisotopic (exact) mass is 554 g/mol. The zero-order chi connectivity index (χ0) is 28.4. The minimum Gasteiger partial charge on any atom is -0.480 e. The molecule has 0 atom stereocenters. The molecule has 1 saturated carbocycles. The number of hydrogen-bond acceptors (Lipinski definition) is 5. The Morgan fingerprint density at radius 1 is 0.854 bits per heavy atom. The highest BCUT2D eigenvalue weighted by Crippen LogP contribution is 2.29. The standard InChI is InChI=1S/C34H42N4O3/c39-32(40)25-38(24-29-14-8-3-9-15-29)33(41)30-23-35-34(36-31(30)17-16-26-10-4-1-5-11-26)37-20-18-28(19-21-37)22-27-12-6-2-7-13-27/h2-3,6-9,12-15,23,26,28H,1,4-5,10-11,16-22,24-25H2,(H,39,40). The normalized spacial score (nSPS) is 16.4. The Morgan fingerprint density at radius 3 is 2.17 bits per heavy atom. The van der Waals surface area contributed by atoms with Gasteiger partial charge >= 0.3 is 5.97 Å². The van der Waals surface area contributed by atoms with Gasteiger partial charge in [-0.05, 0) is 55.1 Å². The number of carbonyl (C=O) groups is 2. The average molecular weight is 555 g/mol. The number of carbonyl (C=O) groups excluding carboxylic acids is 1. The molecule has 7 heteroatoms. The van der Waals surface area contributed by atoms with Gasteiger partial charge in [-0.2, -0.15) is 0 Å². The summed E-state index contributed by atoms with van der Waals surface area (Å²) in [6, 6.07) is 20.2. The lowest BCUT2D eigenvalue weighted by Crippen LogP contribution is -2.37. The van der Waals surface area contributed by atoms with Gasteiger partial charge in [-0.1, -0.05) is 92.8 Å². The molecule has 0 unspecified atom stereocenters. The number of nitrogens with zero attached hydrogens (tertiary/aromatic N) is 4. The number of piperidine rings is 1. The van der Waals surface area contributed by atoms with E-state index in [2.05, 4.69) is 40.2 Å². The molecule has 2 heterocycles. The first kappa shape index (κ1) is 28.8. The van der Waals surface area contributed by atoms with Gasteiger partial charge in [-0.15, -0.1) is 0 Å². The zero-order valence-electron chi connectivity index (χ0n) is 24.0. The van der Waals surface area contributed by atoms with Crippen LogP contribution in [0.25, 0.3) is 0 Å². The summed E-state index contributed by atoms with van der Waals surface area (Å²) in [6.07, 6.45) is 12.9. The summed E-state index contributed by atoms with van der Waals surface area (Å²) in [4.78, 5) is 38.9. The zero-order valence-corrected chi connectivity index (χ0v) is 24.0. The van der Waals surface area contributed by atoms with Crippen molar-refractivity contribution in [2.24, 2.45) is 11.8 Å². The lowest BCUT2D eigenvalue weighted by atomic mass is 9.85. The van der Waals surface area contributed by atoms with Gasteiger partial charge in [0.1, 0.15) is 6.54 Å². The van der Waals surface area contributed by atoms with Gasteiger partial charge in [-0.3, -0.25) is 9.59 Å². The smallest absolute Gasteiger partial charge is 0.323 e. The van der Waals surface area contributed by atoms with Crippen molar-refractivity contribution in [1.29, 1.82) is 0 Å². The Bertz CT molecular complexity index is 1270. The van der Waals surface area contributed by atoms with E-state index in [9.17, 15) is 14.7 Å². The molecule has 2 aliphatic rings. The van der Waals surface area contributed by atoms with Crippen molar-refractivity contribution in [3.8, 4) is 0 Å². The molecule has 2 fully saturated rings. The highest BCUT2D eigenvalue weighted by Gasteiger charge is 2.26. The summed E-state index contributed by atoms with van der Waals surface area (Å²) in [7, 11) is 0. The SMILES string of the molecule is O=C(O)CN(Cc1ccccc1)C(=O)c1cnc(N2CCC(Cc3ccccc3)CC2)nc1CCC1CCCCC1. The maximum absolute atomic E-state index is 13.8. The molecule has 41 heavy (non-hydrogen) atoms. The van der Waals surface area contributed by atoms with Gasteiger partial charge in [0.25, 0.3) is 5.91 Å². The second kappa shape index (κ2) is 14.2. The van der Waals surface area contributed by atoms with Crippen LogP contribution in [0.1, 0.15) is 78.5 Å². The van der Waals surface area contributed by atoms with E-state index in [-0.39, 0.29) is 19.0 Å². The summed E-state index contributed by atoms with van der Waals surface area (Å²) >= 11 is 0. The minimum atomic E-state index is -1.03. The molecule has 5 rings (SSSR count). The van der Waals surface area contributed by atoms with Crippen molar-refractivity contribution in [3.05, 3.63) is 89.2 Å². The molecule has 0 bridgehead atoms. The molecular weight excluding hydrogens is 512 g/mol. The van der Waals surface area contributed by atoms with Crippen LogP contribution in [0.4, 0.5) is 5.95 Å². The number of aliphatic carboxylic acids is 1. The molecule has 1 amide bonds. The van der Waals surface area contributed by atoms with E-state index in [4.69, 9.17) is 4.98 Å². The number of carboxylic acids is 1. The fourth-order valence-corrected chi connectivity index (χ4v) is 6.37. The maximum atomic E-state index is 13.8. The Hall–Kier alpha value is -3.74. The maximum Gasteiger partial charge on any atom is 0.323 e. The lowest BCUT2D eigenvalue weighted by molar-refractivity contribution is -0.137. The van der Waals surface area contributed by atoms with Crippen molar-refractivity contribution in [2.45, 2.75) is 70.8 Å². The molecule has 1 N–H and O–H groups in total. The second-order valence-corrected chi connectivity index (χ2v) is 11.7. The van der Waals surface area contributed by atoms with E-state index >= 15 is 0 Å². The topological polar surface area (TPSA) is 86.6 Å². The molecule has 216 valence electrons. The lowest BCUT2D eigenvalue weighted by Gasteiger charge is -2.32. The van der Waals surface area contributed by atoms with E-state index in [1.165, 1.54) is 42.6 Å². The van der Waals surface area contributed by atoms with E-state index in [0.717, 1.165) is 50.0 Å². The van der Waals surface area contributed by atoms with Crippen molar-refractivity contribution in [3.63, 3.8) is 0 Å².